The summed E-state index contributed by atoms with van der Waals surface area (Å²) in [6.45, 7) is 0. The fraction of sp³-hybridized carbons (Fsp3) is 0.0667. The van der Waals surface area contributed by atoms with Crippen LogP contribution in [-0.4, -0.2) is 15.3 Å². The van der Waals surface area contributed by atoms with E-state index in [4.69, 9.17) is 27.9 Å². The van der Waals surface area contributed by atoms with Gasteiger partial charge in [0.2, 0.25) is 0 Å². The third kappa shape index (κ3) is 2.48. The van der Waals surface area contributed by atoms with Crippen LogP contribution >= 0.6 is 23.2 Å². The molecule has 0 spiro atoms. The van der Waals surface area contributed by atoms with Crippen LogP contribution in [0.4, 0.5) is 0 Å². The number of rotatable bonds is 1. The Hall–Kier alpha value is -2.04. The van der Waals surface area contributed by atoms with Crippen LogP contribution in [0.5, 0.6) is 17.2 Å². The van der Waals surface area contributed by atoms with Crippen LogP contribution < -0.4 is 4.74 Å². The molecule has 108 valence electrons. The summed E-state index contributed by atoms with van der Waals surface area (Å²) in [7, 11) is 0. The van der Waals surface area contributed by atoms with Crippen LogP contribution in [0.2, 0.25) is 10.0 Å². The molecule has 3 rings (SSSR count). The van der Waals surface area contributed by atoms with Crippen molar-refractivity contribution in [1.82, 2.24) is 0 Å². The minimum Gasteiger partial charge on any atom is -0.508 e. The maximum atomic E-state index is 10.1. The van der Waals surface area contributed by atoms with Crippen molar-refractivity contribution in [2.45, 2.75) is 6.42 Å². The maximum absolute atomic E-state index is 10.1. The van der Waals surface area contributed by atoms with E-state index < -0.39 is 0 Å². The molecule has 0 fully saturated rings. The Labute approximate surface area is 130 Å². The van der Waals surface area contributed by atoms with E-state index in [1.54, 1.807) is 12.1 Å². The minimum atomic E-state index is -0.301. The van der Waals surface area contributed by atoms with Crippen molar-refractivity contribution < 1.29 is 20.1 Å². The number of phenols is 2. The summed E-state index contributed by atoms with van der Waals surface area (Å²) >= 11 is 12.0. The smallest absolute Gasteiger partial charge is 0.172 e. The molecule has 0 saturated heterocycles. The van der Waals surface area contributed by atoms with Crippen LogP contribution in [0.3, 0.4) is 0 Å². The number of aliphatic hydroxyl groups excluding tert-OH is 1. The molecule has 0 amide bonds. The molecule has 0 bridgehead atoms. The Morgan fingerprint density at radius 2 is 1.71 bits per heavy atom. The summed E-state index contributed by atoms with van der Waals surface area (Å²) in [5.74, 6) is 0.0404. The summed E-state index contributed by atoms with van der Waals surface area (Å²) in [6.07, 6.45) is 0.215. The Balaban J connectivity index is 2.07. The van der Waals surface area contributed by atoms with E-state index in [2.05, 4.69) is 0 Å². The quantitative estimate of drug-likeness (QED) is 0.685. The van der Waals surface area contributed by atoms with Gasteiger partial charge in [-0.15, -0.1) is 0 Å². The molecule has 0 atom stereocenters. The van der Waals surface area contributed by atoms with Gasteiger partial charge in [-0.2, -0.15) is 0 Å². The molecular weight excluding hydrogens is 315 g/mol. The van der Waals surface area contributed by atoms with Gasteiger partial charge in [-0.25, -0.2) is 0 Å². The monoisotopic (exact) mass is 324 g/mol. The molecule has 0 saturated carbocycles. The summed E-state index contributed by atoms with van der Waals surface area (Å²) in [6, 6.07) is 7.36. The first kappa shape index (κ1) is 13.9. The molecule has 0 unspecified atom stereocenters. The highest BCUT2D eigenvalue weighted by atomic mass is 35.5. The molecule has 6 heteroatoms. The zero-order chi connectivity index (χ0) is 15.1. The molecule has 2 aromatic carbocycles. The Kier molecular flexibility index (Phi) is 3.35. The number of benzene rings is 2. The fourth-order valence-corrected chi connectivity index (χ4v) is 2.75. The second kappa shape index (κ2) is 5.06. The largest absolute Gasteiger partial charge is 0.508 e. The van der Waals surface area contributed by atoms with Crippen molar-refractivity contribution in [2.75, 3.05) is 0 Å². The number of allylic oxidation sites excluding steroid dienone is 1. The number of aromatic hydroxyl groups is 2. The van der Waals surface area contributed by atoms with Gasteiger partial charge < -0.3 is 20.1 Å². The summed E-state index contributed by atoms with van der Waals surface area (Å²) in [4.78, 5) is 0. The zero-order valence-electron chi connectivity index (χ0n) is 10.6. The van der Waals surface area contributed by atoms with E-state index in [0.717, 1.165) is 0 Å². The van der Waals surface area contributed by atoms with Gasteiger partial charge in [-0.1, -0.05) is 23.2 Å². The number of fused-ring (bicyclic) bond motifs is 1. The van der Waals surface area contributed by atoms with Gasteiger partial charge >= 0.3 is 0 Å². The van der Waals surface area contributed by atoms with Gasteiger partial charge in [0.15, 0.2) is 17.3 Å². The number of hydrogen-bond acceptors (Lipinski definition) is 4. The normalized spacial score (nSPS) is 13.8. The summed E-state index contributed by atoms with van der Waals surface area (Å²) in [5.41, 5.74) is 1.11. The molecule has 2 aromatic rings. The number of phenolic OH excluding ortho intramolecular Hbond substituents is 2. The first-order valence-electron chi connectivity index (χ1n) is 6.06. The van der Waals surface area contributed by atoms with E-state index in [0.29, 0.717) is 26.9 Å². The van der Waals surface area contributed by atoms with Crippen molar-refractivity contribution in [3.8, 4) is 17.2 Å². The highest BCUT2D eigenvalue weighted by Crippen LogP contribution is 2.41. The Bertz CT molecular complexity index is 769. The van der Waals surface area contributed by atoms with Crippen LogP contribution in [0, 0.1) is 0 Å². The Morgan fingerprint density at radius 3 is 2.43 bits per heavy atom. The lowest BCUT2D eigenvalue weighted by atomic mass is 10.0. The first-order valence-corrected chi connectivity index (χ1v) is 6.81. The summed E-state index contributed by atoms with van der Waals surface area (Å²) in [5, 5.41) is 29.8. The predicted octanol–water partition coefficient (Wildman–Crippen LogP) is 4.27. The van der Waals surface area contributed by atoms with Gasteiger partial charge in [0.25, 0.3) is 0 Å². The molecule has 0 aliphatic carbocycles. The zero-order valence-corrected chi connectivity index (χ0v) is 12.1. The van der Waals surface area contributed by atoms with Crippen molar-refractivity contribution in [2.24, 2.45) is 0 Å². The topological polar surface area (TPSA) is 69.9 Å². The lowest BCUT2D eigenvalue weighted by molar-refractivity contribution is 0.357. The SMILES string of the molecule is OC1=C(c2ccc(O)c(O)c2)Oc2c(Cl)cc(Cl)cc2C1. The average Bonchev–Trinajstić information content (AvgIpc) is 2.41. The number of hydrogen-bond donors (Lipinski definition) is 3. The standard InChI is InChI=1S/C15H10Cl2O4/c16-9-3-8-5-13(20)15(21-14(8)10(17)6-9)7-1-2-11(18)12(19)4-7/h1-4,6,18-20H,5H2. The van der Waals surface area contributed by atoms with Gasteiger partial charge in [-0.3, -0.25) is 0 Å². The van der Waals surface area contributed by atoms with Crippen LogP contribution in [0.15, 0.2) is 36.1 Å². The van der Waals surface area contributed by atoms with Crippen LogP contribution in [0.25, 0.3) is 5.76 Å². The highest BCUT2D eigenvalue weighted by molar-refractivity contribution is 6.35. The van der Waals surface area contributed by atoms with Crippen molar-refractivity contribution in [3.63, 3.8) is 0 Å². The minimum absolute atomic E-state index is 0.00840. The molecular formula is C15H10Cl2O4. The second-order valence-corrected chi connectivity index (χ2v) is 5.48. The highest BCUT2D eigenvalue weighted by Gasteiger charge is 2.24. The molecule has 0 radical (unpaired) electrons. The molecule has 1 aliphatic heterocycles. The third-order valence-corrected chi connectivity index (χ3v) is 3.65. The van der Waals surface area contributed by atoms with E-state index >= 15 is 0 Å². The van der Waals surface area contributed by atoms with Crippen molar-refractivity contribution >= 4 is 29.0 Å². The predicted molar refractivity (Wildman–Crippen MR) is 80.1 cm³/mol. The van der Waals surface area contributed by atoms with Gasteiger partial charge in [0.1, 0.15) is 11.5 Å². The number of aliphatic hydroxyl groups is 1. The van der Waals surface area contributed by atoms with Gasteiger partial charge in [-0.05, 0) is 30.3 Å². The third-order valence-electron chi connectivity index (χ3n) is 3.15. The van der Waals surface area contributed by atoms with Gasteiger partial charge in [0, 0.05) is 22.6 Å². The molecule has 1 heterocycles. The lowest BCUT2D eigenvalue weighted by Crippen LogP contribution is -2.10. The van der Waals surface area contributed by atoms with Gasteiger partial charge in [0.05, 0.1) is 5.02 Å². The van der Waals surface area contributed by atoms with Crippen molar-refractivity contribution in [3.05, 3.63) is 57.3 Å². The van der Waals surface area contributed by atoms with E-state index in [9.17, 15) is 15.3 Å². The van der Waals surface area contributed by atoms with Crippen LogP contribution in [0.1, 0.15) is 11.1 Å². The fourth-order valence-electron chi connectivity index (χ4n) is 2.17. The molecule has 4 nitrogen and oxygen atoms in total. The first-order chi connectivity index (χ1) is 9.95. The van der Waals surface area contributed by atoms with E-state index in [1.807, 2.05) is 0 Å². The molecule has 1 aliphatic rings. The number of ether oxygens (including phenoxy) is 1. The summed E-state index contributed by atoms with van der Waals surface area (Å²) < 4.78 is 5.66. The average molecular weight is 325 g/mol. The Morgan fingerprint density at radius 1 is 0.952 bits per heavy atom. The maximum Gasteiger partial charge on any atom is 0.172 e. The molecule has 0 aromatic heterocycles. The molecule has 21 heavy (non-hydrogen) atoms. The van der Waals surface area contributed by atoms with E-state index in [1.165, 1.54) is 18.2 Å². The van der Waals surface area contributed by atoms with E-state index in [-0.39, 0.29) is 29.4 Å². The number of halogens is 2. The van der Waals surface area contributed by atoms with Crippen LogP contribution in [-0.2, 0) is 6.42 Å². The molecule has 3 N–H and O–H groups in total. The second-order valence-electron chi connectivity index (χ2n) is 4.63. The van der Waals surface area contributed by atoms with Crippen molar-refractivity contribution in [1.29, 1.82) is 0 Å². The lowest BCUT2D eigenvalue weighted by Gasteiger charge is -2.22.